The van der Waals surface area contributed by atoms with E-state index >= 15 is 0 Å². The molecule has 0 aliphatic heterocycles. The molecule has 0 aliphatic carbocycles. The Balaban J connectivity index is 2.56. The van der Waals surface area contributed by atoms with Crippen molar-refractivity contribution in [2.24, 2.45) is 0 Å². The second-order valence-electron chi connectivity index (χ2n) is 3.41. The molecule has 0 atom stereocenters. The van der Waals surface area contributed by atoms with Crippen molar-refractivity contribution < 1.29 is 0 Å². The summed E-state index contributed by atoms with van der Waals surface area (Å²) in [7, 11) is 0. The highest BCUT2D eigenvalue weighted by molar-refractivity contribution is 7.09. The number of nitrogens with one attached hydrogen (secondary N) is 1. The van der Waals surface area contributed by atoms with Gasteiger partial charge in [0.15, 0.2) is 0 Å². The quantitative estimate of drug-likeness (QED) is 0.749. The van der Waals surface area contributed by atoms with E-state index in [4.69, 9.17) is 0 Å². The van der Waals surface area contributed by atoms with Gasteiger partial charge in [-0.1, -0.05) is 12.2 Å². The van der Waals surface area contributed by atoms with E-state index in [0.717, 1.165) is 11.6 Å². The van der Waals surface area contributed by atoms with Crippen LogP contribution < -0.4 is 5.32 Å². The smallest absolute Gasteiger partial charge is 0.112 e. The van der Waals surface area contributed by atoms with E-state index in [9.17, 15) is 0 Å². The number of hydrogen-bond donors (Lipinski definition) is 1. The molecule has 1 rings (SSSR count). The minimum atomic E-state index is -0.0202. The maximum Gasteiger partial charge on any atom is 0.112 e. The molecular formula is C10H16N2S. The van der Waals surface area contributed by atoms with Crippen LogP contribution in [0.1, 0.15) is 25.8 Å². The molecule has 0 spiro atoms. The lowest BCUT2D eigenvalue weighted by atomic mass is 10.1. The van der Waals surface area contributed by atoms with E-state index in [1.54, 1.807) is 11.3 Å². The lowest BCUT2D eigenvalue weighted by Gasteiger charge is -2.22. The maximum atomic E-state index is 4.30. The second-order valence-corrected chi connectivity index (χ2v) is 4.31. The first-order valence-electron chi connectivity index (χ1n) is 4.43. The molecule has 0 saturated carbocycles. The molecule has 1 heterocycles. The summed E-state index contributed by atoms with van der Waals surface area (Å²) in [5, 5.41) is 6.57. The topological polar surface area (TPSA) is 24.9 Å². The third kappa shape index (κ3) is 2.94. The molecule has 0 aliphatic rings. The number of thiazole rings is 1. The Hall–Kier alpha value is -0.670. The Kier molecular flexibility index (Phi) is 3.63. The van der Waals surface area contributed by atoms with Crippen molar-refractivity contribution in [2.45, 2.75) is 26.3 Å². The lowest BCUT2D eigenvalue weighted by Crippen LogP contribution is -2.36. The van der Waals surface area contributed by atoms with Crippen molar-refractivity contribution in [1.29, 1.82) is 0 Å². The Morgan fingerprint density at radius 2 is 2.38 bits per heavy atom. The number of rotatable bonds is 4. The first-order chi connectivity index (χ1) is 6.17. The molecule has 2 nitrogen and oxygen atoms in total. The molecule has 0 fully saturated rings. The number of allylic oxidation sites excluding steroid dienone is 1. The van der Waals surface area contributed by atoms with Gasteiger partial charge in [-0.25, -0.2) is 4.98 Å². The number of aromatic nitrogens is 1. The zero-order chi connectivity index (χ0) is 9.73. The van der Waals surface area contributed by atoms with Crippen molar-refractivity contribution >= 4 is 11.3 Å². The zero-order valence-electron chi connectivity index (χ0n) is 8.37. The minimum absolute atomic E-state index is 0.0202. The molecule has 0 aromatic carbocycles. The van der Waals surface area contributed by atoms with Gasteiger partial charge in [-0.2, -0.15) is 0 Å². The van der Waals surface area contributed by atoms with Gasteiger partial charge in [0, 0.05) is 18.1 Å². The summed E-state index contributed by atoms with van der Waals surface area (Å²) in [5.41, 5.74) is -0.0202. The SMILES string of the molecule is C/C=C/CNC(C)(C)c1nccs1. The van der Waals surface area contributed by atoms with Gasteiger partial charge in [-0.15, -0.1) is 11.3 Å². The predicted molar refractivity (Wildman–Crippen MR) is 58.0 cm³/mol. The third-order valence-electron chi connectivity index (χ3n) is 1.86. The van der Waals surface area contributed by atoms with Crippen LogP contribution in [0.3, 0.4) is 0 Å². The van der Waals surface area contributed by atoms with Crippen LogP contribution in [0.5, 0.6) is 0 Å². The van der Waals surface area contributed by atoms with E-state index in [1.807, 2.05) is 24.6 Å². The van der Waals surface area contributed by atoms with Crippen LogP contribution in [0.25, 0.3) is 0 Å². The minimum Gasteiger partial charge on any atom is -0.302 e. The summed E-state index contributed by atoms with van der Waals surface area (Å²) < 4.78 is 0. The molecule has 1 aromatic rings. The molecule has 13 heavy (non-hydrogen) atoms. The largest absolute Gasteiger partial charge is 0.302 e. The Labute approximate surface area is 83.7 Å². The molecule has 0 bridgehead atoms. The van der Waals surface area contributed by atoms with Crippen LogP contribution in [0.2, 0.25) is 0 Å². The molecule has 72 valence electrons. The average molecular weight is 196 g/mol. The lowest BCUT2D eigenvalue weighted by molar-refractivity contribution is 0.423. The molecule has 1 aromatic heterocycles. The third-order valence-corrected chi connectivity index (χ3v) is 2.96. The van der Waals surface area contributed by atoms with Crippen molar-refractivity contribution in [3.05, 3.63) is 28.7 Å². The summed E-state index contributed by atoms with van der Waals surface area (Å²) in [6.45, 7) is 7.21. The molecule has 1 N–H and O–H groups in total. The van der Waals surface area contributed by atoms with E-state index in [0.29, 0.717) is 0 Å². The highest BCUT2D eigenvalue weighted by Crippen LogP contribution is 2.21. The Bertz CT molecular complexity index is 262. The van der Waals surface area contributed by atoms with Gasteiger partial charge in [0.05, 0.1) is 5.54 Å². The van der Waals surface area contributed by atoms with E-state index in [1.165, 1.54) is 0 Å². The normalized spacial score (nSPS) is 12.5. The van der Waals surface area contributed by atoms with Gasteiger partial charge in [0.1, 0.15) is 5.01 Å². The first-order valence-corrected chi connectivity index (χ1v) is 5.31. The van der Waals surface area contributed by atoms with Gasteiger partial charge >= 0.3 is 0 Å². The van der Waals surface area contributed by atoms with Crippen molar-refractivity contribution in [3.8, 4) is 0 Å². The van der Waals surface area contributed by atoms with Crippen LogP contribution in [0.15, 0.2) is 23.7 Å². The van der Waals surface area contributed by atoms with E-state index in [2.05, 4.69) is 30.2 Å². The van der Waals surface area contributed by atoms with E-state index < -0.39 is 0 Å². The highest BCUT2D eigenvalue weighted by atomic mass is 32.1. The highest BCUT2D eigenvalue weighted by Gasteiger charge is 2.21. The Morgan fingerprint density at radius 1 is 1.62 bits per heavy atom. The van der Waals surface area contributed by atoms with Gasteiger partial charge in [0.2, 0.25) is 0 Å². The summed E-state index contributed by atoms with van der Waals surface area (Å²) in [4.78, 5) is 4.30. The summed E-state index contributed by atoms with van der Waals surface area (Å²) in [5.74, 6) is 0. The van der Waals surface area contributed by atoms with Crippen LogP contribution in [-0.4, -0.2) is 11.5 Å². The molecular weight excluding hydrogens is 180 g/mol. The molecule has 0 amide bonds. The van der Waals surface area contributed by atoms with Crippen LogP contribution in [0, 0.1) is 0 Å². The summed E-state index contributed by atoms with van der Waals surface area (Å²) in [6, 6.07) is 0. The van der Waals surface area contributed by atoms with Gasteiger partial charge in [-0.05, 0) is 20.8 Å². The van der Waals surface area contributed by atoms with Crippen LogP contribution in [0.4, 0.5) is 0 Å². The average Bonchev–Trinajstić information content (AvgIpc) is 2.56. The number of nitrogens with zero attached hydrogens (tertiary/aromatic N) is 1. The fourth-order valence-electron chi connectivity index (χ4n) is 1.04. The summed E-state index contributed by atoms with van der Waals surface area (Å²) >= 11 is 1.69. The van der Waals surface area contributed by atoms with Gasteiger partial charge in [0.25, 0.3) is 0 Å². The standard InChI is InChI=1S/C10H16N2S/c1-4-5-6-12-10(2,3)9-11-7-8-13-9/h4-5,7-8,12H,6H2,1-3H3/b5-4+. The Morgan fingerprint density at radius 3 is 2.92 bits per heavy atom. The monoisotopic (exact) mass is 196 g/mol. The summed E-state index contributed by atoms with van der Waals surface area (Å²) in [6.07, 6.45) is 6.00. The molecule has 0 radical (unpaired) electrons. The molecule has 3 heteroatoms. The van der Waals surface area contributed by atoms with Gasteiger partial charge < -0.3 is 5.32 Å². The van der Waals surface area contributed by atoms with Crippen LogP contribution in [-0.2, 0) is 5.54 Å². The maximum absolute atomic E-state index is 4.30. The molecule has 0 unspecified atom stereocenters. The van der Waals surface area contributed by atoms with Gasteiger partial charge in [-0.3, -0.25) is 0 Å². The first kappa shape index (κ1) is 10.4. The van der Waals surface area contributed by atoms with Crippen molar-refractivity contribution in [3.63, 3.8) is 0 Å². The van der Waals surface area contributed by atoms with E-state index in [-0.39, 0.29) is 5.54 Å². The fraction of sp³-hybridized carbons (Fsp3) is 0.500. The molecule has 0 saturated heterocycles. The second kappa shape index (κ2) is 4.53. The van der Waals surface area contributed by atoms with Crippen LogP contribution >= 0.6 is 11.3 Å². The number of hydrogen-bond acceptors (Lipinski definition) is 3. The fourth-order valence-corrected chi connectivity index (χ4v) is 1.78. The van der Waals surface area contributed by atoms with Crippen molar-refractivity contribution in [2.75, 3.05) is 6.54 Å². The van der Waals surface area contributed by atoms with Crippen molar-refractivity contribution in [1.82, 2.24) is 10.3 Å². The predicted octanol–water partition coefficient (Wildman–Crippen LogP) is 2.54. The zero-order valence-corrected chi connectivity index (χ0v) is 9.19.